The van der Waals surface area contributed by atoms with Crippen molar-refractivity contribution < 1.29 is 4.79 Å². The molecule has 0 aliphatic rings. The second-order valence-corrected chi connectivity index (χ2v) is 4.39. The maximum atomic E-state index is 12.4. The van der Waals surface area contributed by atoms with E-state index in [9.17, 15) is 4.79 Å². The van der Waals surface area contributed by atoms with Crippen molar-refractivity contribution in [2.24, 2.45) is 11.1 Å². The molecule has 0 saturated carbocycles. The van der Waals surface area contributed by atoms with Crippen LogP contribution in [0.3, 0.4) is 0 Å². The number of amides is 1. The maximum Gasteiger partial charge on any atom is 0.230 e. The molecule has 0 aliphatic heterocycles. The molecule has 0 aliphatic carbocycles. The number of carbonyl (C=O) groups excluding carboxylic acids is 1. The summed E-state index contributed by atoms with van der Waals surface area (Å²) in [5.74, 6) is 0.889. The Hall–Kier alpha value is -1.36. The first-order valence-electron chi connectivity index (χ1n) is 6.03. The van der Waals surface area contributed by atoms with Crippen LogP contribution in [0.2, 0.25) is 0 Å². The Balaban J connectivity index is 2.74. The van der Waals surface area contributed by atoms with E-state index in [1.807, 2.05) is 13.8 Å². The summed E-state index contributed by atoms with van der Waals surface area (Å²) < 4.78 is 0. The summed E-state index contributed by atoms with van der Waals surface area (Å²) in [6, 6.07) is 0. The normalized spacial score (nSPS) is 11.5. The Labute approximate surface area is 102 Å². The van der Waals surface area contributed by atoms with E-state index in [0.717, 1.165) is 18.7 Å². The molecule has 0 aromatic carbocycles. The van der Waals surface area contributed by atoms with Gasteiger partial charge in [0.25, 0.3) is 0 Å². The zero-order valence-electron chi connectivity index (χ0n) is 10.9. The minimum atomic E-state index is -0.429. The molecule has 0 unspecified atom stereocenters. The largest absolute Gasteiger partial charge is 0.347 e. The molecular formula is C12H22N4O. The van der Waals surface area contributed by atoms with Crippen LogP contribution in [-0.4, -0.2) is 34.4 Å². The second-order valence-electron chi connectivity index (χ2n) is 4.39. The second kappa shape index (κ2) is 5.82. The van der Waals surface area contributed by atoms with Crippen molar-refractivity contribution in [1.82, 2.24) is 14.9 Å². The minimum absolute atomic E-state index is 0.0985. The molecule has 3 N–H and O–H groups in total. The highest BCUT2D eigenvalue weighted by Gasteiger charge is 2.35. The Morgan fingerprint density at radius 1 is 1.53 bits per heavy atom. The standard InChI is InChI=1S/C12H22N4O/c1-4-12(5-2,9-13)11(17)16(3)8-10-14-6-7-15-10/h6-7H,4-5,8-9,13H2,1-3H3,(H,14,15). The van der Waals surface area contributed by atoms with Crippen LogP contribution in [0.4, 0.5) is 0 Å². The quantitative estimate of drug-likeness (QED) is 0.780. The molecule has 0 atom stereocenters. The van der Waals surface area contributed by atoms with Crippen LogP contribution >= 0.6 is 0 Å². The summed E-state index contributed by atoms with van der Waals surface area (Å²) in [6.45, 7) is 4.90. The van der Waals surface area contributed by atoms with Gasteiger partial charge in [-0.15, -0.1) is 0 Å². The number of H-pyrrole nitrogens is 1. The number of nitrogens with one attached hydrogen (secondary N) is 1. The molecule has 96 valence electrons. The maximum absolute atomic E-state index is 12.4. The molecule has 1 aromatic rings. The molecule has 0 fully saturated rings. The van der Waals surface area contributed by atoms with Gasteiger partial charge < -0.3 is 15.6 Å². The SMILES string of the molecule is CCC(CC)(CN)C(=O)N(C)Cc1ncc[nH]1. The van der Waals surface area contributed by atoms with Crippen molar-refractivity contribution in [3.05, 3.63) is 18.2 Å². The van der Waals surface area contributed by atoms with Crippen molar-refractivity contribution in [2.75, 3.05) is 13.6 Å². The Morgan fingerprint density at radius 3 is 2.59 bits per heavy atom. The summed E-state index contributed by atoms with van der Waals surface area (Å²) in [7, 11) is 1.79. The Morgan fingerprint density at radius 2 is 2.18 bits per heavy atom. The van der Waals surface area contributed by atoms with Crippen molar-refractivity contribution in [1.29, 1.82) is 0 Å². The first-order valence-corrected chi connectivity index (χ1v) is 6.03. The summed E-state index contributed by atoms with van der Waals surface area (Å²) >= 11 is 0. The molecule has 0 bridgehead atoms. The van der Waals surface area contributed by atoms with Crippen LogP contribution in [0.25, 0.3) is 0 Å². The van der Waals surface area contributed by atoms with E-state index in [0.29, 0.717) is 13.1 Å². The number of aromatic nitrogens is 2. The fraction of sp³-hybridized carbons (Fsp3) is 0.667. The molecule has 17 heavy (non-hydrogen) atoms. The highest BCUT2D eigenvalue weighted by atomic mass is 16.2. The number of rotatable bonds is 6. The van der Waals surface area contributed by atoms with Gasteiger partial charge in [0.05, 0.1) is 12.0 Å². The van der Waals surface area contributed by atoms with Crippen molar-refractivity contribution in [3.8, 4) is 0 Å². The fourth-order valence-corrected chi connectivity index (χ4v) is 2.01. The first kappa shape index (κ1) is 13.7. The first-order chi connectivity index (χ1) is 8.09. The van der Waals surface area contributed by atoms with Crippen LogP contribution in [0.1, 0.15) is 32.5 Å². The zero-order valence-corrected chi connectivity index (χ0v) is 10.9. The van der Waals surface area contributed by atoms with Crippen molar-refractivity contribution in [3.63, 3.8) is 0 Å². The van der Waals surface area contributed by atoms with Crippen LogP contribution < -0.4 is 5.73 Å². The van der Waals surface area contributed by atoms with Gasteiger partial charge in [0, 0.05) is 26.0 Å². The van der Waals surface area contributed by atoms with Crippen molar-refractivity contribution >= 4 is 5.91 Å². The highest BCUT2D eigenvalue weighted by Crippen LogP contribution is 2.27. The van der Waals surface area contributed by atoms with Gasteiger partial charge in [-0.25, -0.2) is 4.98 Å². The summed E-state index contributed by atoms with van der Waals surface area (Å²) in [5.41, 5.74) is 5.34. The van der Waals surface area contributed by atoms with Crippen LogP contribution in [0.15, 0.2) is 12.4 Å². The van der Waals surface area contributed by atoms with E-state index >= 15 is 0 Å². The molecule has 1 aromatic heterocycles. The van der Waals surface area contributed by atoms with Gasteiger partial charge >= 0.3 is 0 Å². The third-order valence-electron chi connectivity index (χ3n) is 3.49. The van der Waals surface area contributed by atoms with Gasteiger partial charge in [0.1, 0.15) is 5.82 Å². The topological polar surface area (TPSA) is 75.0 Å². The smallest absolute Gasteiger partial charge is 0.230 e. The molecule has 1 amide bonds. The molecule has 0 saturated heterocycles. The van der Waals surface area contributed by atoms with Gasteiger partial charge in [-0.3, -0.25) is 4.79 Å². The molecule has 5 heteroatoms. The lowest BCUT2D eigenvalue weighted by Crippen LogP contribution is -2.45. The number of nitrogens with zero attached hydrogens (tertiary/aromatic N) is 2. The minimum Gasteiger partial charge on any atom is -0.347 e. The van der Waals surface area contributed by atoms with E-state index in [1.54, 1.807) is 24.3 Å². The predicted octanol–water partition coefficient (Wildman–Crippen LogP) is 1.13. The van der Waals surface area contributed by atoms with E-state index < -0.39 is 5.41 Å². The molecular weight excluding hydrogens is 216 g/mol. The molecule has 5 nitrogen and oxygen atoms in total. The highest BCUT2D eigenvalue weighted by molar-refractivity contribution is 5.82. The van der Waals surface area contributed by atoms with Gasteiger partial charge in [-0.2, -0.15) is 0 Å². The van der Waals surface area contributed by atoms with E-state index in [-0.39, 0.29) is 5.91 Å². The average molecular weight is 238 g/mol. The van der Waals surface area contributed by atoms with Crippen LogP contribution in [0, 0.1) is 5.41 Å². The monoisotopic (exact) mass is 238 g/mol. The van der Waals surface area contributed by atoms with Crippen LogP contribution in [0.5, 0.6) is 0 Å². The summed E-state index contributed by atoms with van der Waals surface area (Å²) in [5, 5.41) is 0. The van der Waals surface area contributed by atoms with Crippen LogP contribution in [-0.2, 0) is 11.3 Å². The number of aromatic amines is 1. The molecule has 0 radical (unpaired) electrons. The fourth-order valence-electron chi connectivity index (χ4n) is 2.01. The Kier molecular flexibility index (Phi) is 4.69. The molecule has 0 spiro atoms. The van der Waals surface area contributed by atoms with Gasteiger partial charge in [0.2, 0.25) is 5.91 Å². The third-order valence-corrected chi connectivity index (χ3v) is 3.49. The third kappa shape index (κ3) is 2.85. The van der Waals surface area contributed by atoms with Gasteiger partial charge in [0.15, 0.2) is 0 Å². The predicted molar refractivity (Wildman–Crippen MR) is 67.1 cm³/mol. The number of hydrogen-bond donors (Lipinski definition) is 2. The lowest BCUT2D eigenvalue weighted by atomic mass is 9.81. The van der Waals surface area contributed by atoms with Gasteiger partial charge in [-0.1, -0.05) is 13.8 Å². The molecule has 1 heterocycles. The lowest BCUT2D eigenvalue weighted by molar-refractivity contribution is -0.141. The molecule has 1 rings (SSSR count). The summed E-state index contributed by atoms with van der Waals surface area (Å²) in [4.78, 5) is 21.2. The number of carbonyl (C=O) groups is 1. The van der Waals surface area contributed by atoms with E-state index in [4.69, 9.17) is 5.73 Å². The Bertz CT molecular complexity index is 335. The van der Waals surface area contributed by atoms with Crippen molar-refractivity contribution in [2.45, 2.75) is 33.2 Å². The zero-order chi connectivity index (χ0) is 12.9. The van der Waals surface area contributed by atoms with Gasteiger partial charge in [-0.05, 0) is 12.8 Å². The number of imidazole rings is 1. The lowest BCUT2D eigenvalue weighted by Gasteiger charge is -2.32. The van der Waals surface area contributed by atoms with E-state index in [2.05, 4.69) is 9.97 Å². The summed E-state index contributed by atoms with van der Waals surface area (Å²) in [6.07, 6.45) is 4.97. The number of nitrogens with two attached hydrogens (primary N) is 1. The number of hydrogen-bond acceptors (Lipinski definition) is 3. The van der Waals surface area contributed by atoms with E-state index in [1.165, 1.54) is 0 Å². The average Bonchev–Trinajstić information content (AvgIpc) is 2.84.